The third-order valence-electron chi connectivity index (χ3n) is 6.62. The molecule has 1 atom stereocenters. The number of thioether (sulfide) groups is 1. The molecule has 3 heterocycles. The molecule has 5 nitrogen and oxygen atoms in total. The van der Waals surface area contributed by atoms with E-state index in [2.05, 4.69) is 30.3 Å². The lowest BCUT2D eigenvalue weighted by molar-refractivity contribution is -0.133. The van der Waals surface area contributed by atoms with Crippen LogP contribution < -0.4 is 5.56 Å². The van der Waals surface area contributed by atoms with Gasteiger partial charge in [-0.05, 0) is 50.0 Å². The van der Waals surface area contributed by atoms with Crippen molar-refractivity contribution in [1.29, 1.82) is 0 Å². The molecule has 1 fully saturated rings. The Labute approximate surface area is 175 Å². The summed E-state index contributed by atoms with van der Waals surface area (Å²) in [4.78, 5) is 32.6. The molecule has 1 aromatic heterocycles. The normalized spacial score (nSPS) is 21.2. The van der Waals surface area contributed by atoms with E-state index in [4.69, 9.17) is 4.98 Å². The molecule has 0 radical (unpaired) electrons. The van der Waals surface area contributed by atoms with Crippen LogP contribution in [0.5, 0.6) is 0 Å². The monoisotopic (exact) mass is 409 g/mol. The Hall–Kier alpha value is -2.08. The molecule has 0 spiro atoms. The molecule has 2 aliphatic heterocycles. The second-order valence-electron chi connectivity index (χ2n) is 8.53. The van der Waals surface area contributed by atoms with Crippen LogP contribution >= 0.6 is 11.8 Å². The first-order valence-corrected chi connectivity index (χ1v) is 11.8. The number of likely N-dealkylation sites (tertiary alicyclic amines) is 1. The summed E-state index contributed by atoms with van der Waals surface area (Å²) in [6.45, 7) is 1.67. The van der Waals surface area contributed by atoms with Crippen molar-refractivity contribution < 1.29 is 4.79 Å². The molecule has 1 saturated heterocycles. The standard InChI is InChI=1S/C23H27N3O2S/c27-21(25-11-9-17(10-12-25)13-16-5-2-1-3-6-16)14-18-15-29-23-24-20-8-4-7-19(20)22(28)26(18)23/h1-3,5-6,17-18H,4,7-15H2. The van der Waals surface area contributed by atoms with Crippen LogP contribution in [0.4, 0.5) is 0 Å². The number of benzene rings is 1. The number of nitrogens with zero attached hydrogens (tertiary/aromatic N) is 3. The van der Waals surface area contributed by atoms with Crippen LogP contribution in [0.15, 0.2) is 40.3 Å². The molecule has 1 amide bonds. The van der Waals surface area contributed by atoms with Crippen molar-refractivity contribution in [1.82, 2.24) is 14.5 Å². The zero-order valence-electron chi connectivity index (χ0n) is 16.7. The number of carbonyl (C=O) groups excluding carboxylic acids is 1. The molecule has 29 heavy (non-hydrogen) atoms. The van der Waals surface area contributed by atoms with Crippen molar-refractivity contribution in [2.75, 3.05) is 18.8 Å². The fourth-order valence-electron chi connectivity index (χ4n) is 4.97. The highest BCUT2D eigenvalue weighted by atomic mass is 32.2. The lowest BCUT2D eigenvalue weighted by Gasteiger charge is -2.33. The summed E-state index contributed by atoms with van der Waals surface area (Å²) in [6.07, 6.45) is 6.41. The third kappa shape index (κ3) is 3.75. The summed E-state index contributed by atoms with van der Waals surface area (Å²) in [6, 6.07) is 10.6. The van der Waals surface area contributed by atoms with Gasteiger partial charge in [0.05, 0.1) is 11.7 Å². The van der Waals surface area contributed by atoms with Crippen molar-refractivity contribution in [3.8, 4) is 0 Å². The van der Waals surface area contributed by atoms with E-state index in [1.807, 2.05) is 9.47 Å². The summed E-state index contributed by atoms with van der Waals surface area (Å²) in [5.41, 5.74) is 3.36. The van der Waals surface area contributed by atoms with Gasteiger partial charge < -0.3 is 4.90 Å². The van der Waals surface area contributed by atoms with Crippen LogP contribution in [0.1, 0.15) is 48.5 Å². The average molecular weight is 410 g/mol. The van der Waals surface area contributed by atoms with Gasteiger partial charge in [0.1, 0.15) is 0 Å². The Morgan fingerprint density at radius 3 is 2.72 bits per heavy atom. The Balaban J connectivity index is 1.20. The molecule has 5 rings (SSSR count). The Kier molecular flexibility index (Phi) is 5.20. The van der Waals surface area contributed by atoms with Gasteiger partial charge in [-0.15, -0.1) is 0 Å². The summed E-state index contributed by atoms with van der Waals surface area (Å²) < 4.78 is 1.81. The van der Waals surface area contributed by atoms with E-state index >= 15 is 0 Å². The van der Waals surface area contributed by atoms with Gasteiger partial charge in [0.2, 0.25) is 5.91 Å². The van der Waals surface area contributed by atoms with Crippen LogP contribution in [0.25, 0.3) is 0 Å². The number of piperidine rings is 1. The molecule has 0 N–H and O–H groups in total. The van der Waals surface area contributed by atoms with E-state index < -0.39 is 0 Å². The number of hydrogen-bond acceptors (Lipinski definition) is 4. The highest BCUT2D eigenvalue weighted by Crippen LogP contribution is 2.34. The van der Waals surface area contributed by atoms with Crippen LogP contribution in [-0.2, 0) is 24.1 Å². The molecular weight excluding hydrogens is 382 g/mol. The van der Waals surface area contributed by atoms with Crippen molar-refractivity contribution >= 4 is 17.7 Å². The molecule has 0 bridgehead atoms. The van der Waals surface area contributed by atoms with E-state index in [0.29, 0.717) is 12.3 Å². The molecule has 1 aromatic carbocycles. The Morgan fingerprint density at radius 2 is 1.93 bits per heavy atom. The van der Waals surface area contributed by atoms with Crippen molar-refractivity contribution in [3.63, 3.8) is 0 Å². The molecule has 1 unspecified atom stereocenters. The van der Waals surface area contributed by atoms with Gasteiger partial charge in [0.25, 0.3) is 5.56 Å². The maximum Gasteiger partial charge on any atom is 0.257 e. The Bertz CT molecular complexity index is 964. The summed E-state index contributed by atoms with van der Waals surface area (Å²) in [7, 11) is 0. The summed E-state index contributed by atoms with van der Waals surface area (Å²) >= 11 is 1.63. The number of carbonyl (C=O) groups is 1. The van der Waals surface area contributed by atoms with Gasteiger partial charge in [-0.3, -0.25) is 14.2 Å². The van der Waals surface area contributed by atoms with E-state index in [9.17, 15) is 9.59 Å². The highest BCUT2D eigenvalue weighted by Gasteiger charge is 2.33. The average Bonchev–Trinajstić information content (AvgIpc) is 3.37. The van der Waals surface area contributed by atoms with Gasteiger partial charge in [0.15, 0.2) is 5.16 Å². The number of fused-ring (bicyclic) bond motifs is 2. The Morgan fingerprint density at radius 1 is 1.14 bits per heavy atom. The first-order chi connectivity index (χ1) is 14.2. The minimum absolute atomic E-state index is 0.0459. The van der Waals surface area contributed by atoms with Crippen LogP contribution in [0, 0.1) is 5.92 Å². The fraction of sp³-hybridized carbons (Fsp3) is 0.522. The number of aryl methyl sites for hydroxylation is 1. The van der Waals surface area contributed by atoms with E-state index in [0.717, 1.165) is 73.8 Å². The largest absolute Gasteiger partial charge is 0.343 e. The van der Waals surface area contributed by atoms with Gasteiger partial charge in [-0.1, -0.05) is 42.1 Å². The van der Waals surface area contributed by atoms with Gasteiger partial charge in [0, 0.05) is 30.8 Å². The third-order valence-corrected chi connectivity index (χ3v) is 7.71. The highest BCUT2D eigenvalue weighted by molar-refractivity contribution is 7.99. The summed E-state index contributed by atoms with van der Waals surface area (Å²) in [5.74, 6) is 1.62. The molecule has 1 aliphatic carbocycles. The fourth-order valence-corrected chi connectivity index (χ4v) is 6.12. The van der Waals surface area contributed by atoms with E-state index in [1.54, 1.807) is 11.8 Å². The van der Waals surface area contributed by atoms with E-state index in [-0.39, 0.29) is 17.5 Å². The van der Waals surface area contributed by atoms with Gasteiger partial charge in [-0.2, -0.15) is 0 Å². The molecule has 0 saturated carbocycles. The second kappa shape index (κ2) is 7.98. The predicted molar refractivity (Wildman–Crippen MR) is 114 cm³/mol. The smallest absolute Gasteiger partial charge is 0.257 e. The van der Waals surface area contributed by atoms with Crippen LogP contribution in [-0.4, -0.2) is 39.2 Å². The number of hydrogen-bond donors (Lipinski definition) is 0. The lowest BCUT2D eigenvalue weighted by Crippen LogP contribution is -2.40. The SMILES string of the molecule is O=C(CC1CSc2nc3c(c(=O)n21)CCC3)N1CCC(Cc2ccccc2)CC1. The maximum absolute atomic E-state index is 13.0. The first-order valence-electron chi connectivity index (χ1n) is 10.8. The second-order valence-corrected chi connectivity index (χ2v) is 9.52. The van der Waals surface area contributed by atoms with Gasteiger partial charge in [-0.25, -0.2) is 4.98 Å². The van der Waals surface area contributed by atoms with Crippen molar-refractivity contribution in [3.05, 3.63) is 57.5 Å². The molecular formula is C23H27N3O2S. The van der Waals surface area contributed by atoms with Crippen molar-refractivity contribution in [2.45, 2.75) is 56.1 Å². The lowest BCUT2D eigenvalue weighted by atomic mass is 9.90. The molecule has 3 aliphatic rings. The topological polar surface area (TPSA) is 55.2 Å². The minimum atomic E-state index is -0.0459. The van der Waals surface area contributed by atoms with Gasteiger partial charge >= 0.3 is 0 Å². The molecule has 2 aromatic rings. The summed E-state index contributed by atoms with van der Waals surface area (Å²) in [5, 5.41) is 0.815. The molecule has 6 heteroatoms. The minimum Gasteiger partial charge on any atom is -0.343 e. The number of aromatic nitrogens is 2. The first kappa shape index (κ1) is 18.9. The maximum atomic E-state index is 13.0. The van der Waals surface area contributed by atoms with Crippen molar-refractivity contribution in [2.24, 2.45) is 5.92 Å². The van der Waals surface area contributed by atoms with E-state index in [1.165, 1.54) is 5.56 Å². The zero-order chi connectivity index (χ0) is 19.8. The number of rotatable bonds is 4. The predicted octanol–water partition coefficient (Wildman–Crippen LogP) is 3.25. The zero-order valence-corrected chi connectivity index (χ0v) is 17.5. The van der Waals surface area contributed by atoms with Crippen LogP contribution in [0.2, 0.25) is 0 Å². The van der Waals surface area contributed by atoms with Crippen LogP contribution in [0.3, 0.4) is 0 Å². The number of amides is 1. The quantitative estimate of drug-likeness (QED) is 0.728. The molecule has 152 valence electrons.